The molecule has 1 aromatic heterocycles. The van der Waals surface area contributed by atoms with Crippen molar-refractivity contribution in [1.29, 1.82) is 0 Å². The molecule has 0 N–H and O–H groups in total. The first-order valence-electron chi connectivity index (χ1n) is 7.72. The fourth-order valence-corrected chi connectivity index (χ4v) is 2.35. The quantitative estimate of drug-likeness (QED) is 0.708. The van der Waals surface area contributed by atoms with Crippen molar-refractivity contribution in [3.05, 3.63) is 40.4 Å². The largest absolute Gasteiger partial charge is 0.218 e. The van der Waals surface area contributed by atoms with Gasteiger partial charge in [0.1, 0.15) is 11.6 Å². The molecule has 0 fully saturated rings. The lowest BCUT2D eigenvalue weighted by Gasteiger charge is -2.07. The Hall–Kier alpha value is -1.29. The Labute approximate surface area is 135 Å². The molecular weight excluding hydrogens is 326 g/mol. The summed E-state index contributed by atoms with van der Waals surface area (Å²) in [5, 5.41) is 0. The van der Waals surface area contributed by atoms with Gasteiger partial charge in [-0.15, -0.1) is 0 Å². The van der Waals surface area contributed by atoms with E-state index >= 15 is 0 Å². The molecule has 0 aliphatic heterocycles. The molecule has 1 aromatic carbocycles. The van der Waals surface area contributed by atoms with Crippen molar-refractivity contribution in [3.8, 4) is 11.4 Å². The molecule has 0 unspecified atom stereocenters. The zero-order valence-corrected chi connectivity index (χ0v) is 14.4. The van der Waals surface area contributed by atoms with Crippen LogP contribution in [0.15, 0.2) is 28.7 Å². The van der Waals surface area contributed by atoms with Gasteiger partial charge < -0.3 is 0 Å². The van der Waals surface area contributed by atoms with Gasteiger partial charge in [-0.1, -0.05) is 54.8 Å². The van der Waals surface area contributed by atoms with Crippen LogP contribution >= 0.6 is 15.9 Å². The third-order valence-corrected chi connectivity index (χ3v) is 3.87. The van der Waals surface area contributed by atoms with E-state index in [2.05, 4.69) is 44.7 Å². The van der Waals surface area contributed by atoms with Gasteiger partial charge in [-0.3, -0.25) is 0 Å². The van der Waals surface area contributed by atoms with Crippen LogP contribution in [0.2, 0.25) is 0 Å². The van der Waals surface area contributed by atoms with Crippen molar-refractivity contribution in [3.63, 3.8) is 0 Å². The molecule has 4 heteroatoms. The maximum absolute atomic E-state index is 4.64. The van der Waals surface area contributed by atoms with Crippen LogP contribution in [-0.2, 0) is 12.8 Å². The molecule has 2 rings (SSSR count). The fourth-order valence-electron chi connectivity index (χ4n) is 2.09. The summed E-state index contributed by atoms with van der Waals surface area (Å²) < 4.78 is 1.07. The normalized spacial score (nSPS) is 10.8. The molecule has 0 amide bonds. The smallest absolute Gasteiger partial charge is 0.163 e. The number of hydrogen-bond donors (Lipinski definition) is 0. The Balaban J connectivity index is 2.31. The van der Waals surface area contributed by atoms with Crippen LogP contribution in [0.3, 0.4) is 0 Å². The number of halogens is 1. The summed E-state index contributed by atoms with van der Waals surface area (Å²) in [6.45, 7) is 4.38. The molecule has 112 valence electrons. The summed E-state index contributed by atoms with van der Waals surface area (Å²) in [6.07, 6.45) is 6.42. The molecule has 1 heterocycles. The lowest BCUT2D eigenvalue weighted by molar-refractivity contribution is 0.702. The van der Waals surface area contributed by atoms with Crippen molar-refractivity contribution < 1.29 is 0 Å². The second-order valence-corrected chi connectivity index (χ2v) is 6.12. The van der Waals surface area contributed by atoms with Gasteiger partial charge in [0.05, 0.1) is 0 Å². The average molecular weight is 348 g/mol. The number of aryl methyl sites for hydroxylation is 2. The van der Waals surface area contributed by atoms with Crippen LogP contribution in [0.1, 0.15) is 51.2 Å². The molecule has 0 aliphatic carbocycles. The van der Waals surface area contributed by atoms with Crippen LogP contribution in [0.25, 0.3) is 11.4 Å². The van der Waals surface area contributed by atoms with Gasteiger partial charge in [0.15, 0.2) is 5.82 Å². The number of hydrogen-bond acceptors (Lipinski definition) is 3. The van der Waals surface area contributed by atoms with Gasteiger partial charge >= 0.3 is 0 Å². The predicted molar refractivity (Wildman–Crippen MR) is 90.2 cm³/mol. The summed E-state index contributed by atoms with van der Waals surface area (Å²) >= 11 is 3.46. The zero-order chi connectivity index (χ0) is 15.1. The van der Waals surface area contributed by atoms with Gasteiger partial charge in [0, 0.05) is 22.9 Å². The topological polar surface area (TPSA) is 38.7 Å². The lowest BCUT2D eigenvalue weighted by Crippen LogP contribution is -2.06. The Morgan fingerprint density at radius 3 is 1.81 bits per heavy atom. The zero-order valence-electron chi connectivity index (χ0n) is 12.8. The van der Waals surface area contributed by atoms with E-state index in [4.69, 9.17) is 0 Å². The van der Waals surface area contributed by atoms with Crippen molar-refractivity contribution >= 4 is 15.9 Å². The summed E-state index contributed by atoms with van der Waals surface area (Å²) in [6, 6.07) is 8.15. The van der Waals surface area contributed by atoms with E-state index < -0.39 is 0 Å². The minimum Gasteiger partial charge on any atom is -0.218 e. The molecule has 21 heavy (non-hydrogen) atoms. The number of nitrogens with zero attached hydrogens (tertiary/aromatic N) is 3. The Bertz CT molecular complexity index is 540. The first-order chi connectivity index (χ1) is 10.2. The Morgan fingerprint density at radius 2 is 1.33 bits per heavy atom. The van der Waals surface area contributed by atoms with Crippen LogP contribution in [0.4, 0.5) is 0 Å². The number of benzene rings is 1. The van der Waals surface area contributed by atoms with Gasteiger partial charge in [-0.25, -0.2) is 15.0 Å². The highest BCUT2D eigenvalue weighted by Gasteiger charge is 2.08. The second kappa shape index (κ2) is 8.23. The number of rotatable bonds is 7. The predicted octanol–water partition coefficient (Wildman–Crippen LogP) is 4.99. The highest BCUT2D eigenvalue weighted by Crippen LogP contribution is 2.19. The molecule has 0 bridgehead atoms. The summed E-state index contributed by atoms with van der Waals surface area (Å²) in [5.41, 5.74) is 1.05. The molecule has 0 spiro atoms. The molecule has 0 aliphatic rings. The van der Waals surface area contributed by atoms with E-state index in [1.165, 1.54) is 0 Å². The maximum atomic E-state index is 4.64. The number of unbranched alkanes of at least 4 members (excludes halogenated alkanes) is 2. The third-order valence-electron chi connectivity index (χ3n) is 3.34. The van der Waals surface area contributed by atoms with Crippen LogP contribution in [0, 0.1) is 0 Å². The van der Waals surface area contributed by atoms with Crippen LogP contribution in [-0.4, -0.2) is 15.0 Å². The Morgan fingerprint density at radius 1 is 0.810 bits per heavy atom. The molecule has 2 aromatic rings. The molecular formula is C17H22BrN3. The highest BCUT2D eigenvalue weighted by atomic mass is 79.9. The standard InChI is InChI=1S/C17H22BrN3/c1-3-5-7-15-19-16(8-6-4-2)21-17(20-15)13-9-11-14(18)12-10-13/h9-12H,3-8H2,1-2H3. The van der Waals surface area contributed by atoms with E-state index in [0.717, 1.165) is 66.0 Å². The summed E-state index contributed by atoms with van der Waals surface area (Å²) in [5.74, 6) is 2.65. The summed E-state index contributed by atoms with van der Waals surface area (Å²) in [4.78, 5) is 13.9. The SMILES string of the molecule is CCCCc1nc(CCCC)nc(-c2ccc(Br)cc2)n1. The van der Waals surface area contributed by atoms with Crippen molar-refractivity contribution in [2.24, 2.45) is 0 Å². The Kier molecular flexibility index (Phi) is 6.30. The maximum Gasteiger partial charge on any atom is 0.163 e. The minimum atomic E-state index is 0.801. The monoisotopic (exact) mass is 347 g/mol. The minimum absolute atomic E-state index is 0.801. The second-order valence-electron chi connectivity index (χ2n) is 5.21. The van der Waals surface area contributed by atoms with Crippen LogP contribution < -0.4 is 0 Å². The molecule has 0 atom stereocenters. The fraction of sp³-hybridized carbons (Fsp3) is 0.471. The first kappa shape index (κ1) is 16.1. The van der Waals surface area contributed by atoms with Gasteiger partial charge in [-0.05, 0) is 25.0 Å². The van der Waals surface area contributed by atoms with Crippen LogP contribution in [0.5, 0.6) is 0 Å². The van der Waals surface area contributed by atoms with Crippen molar-refractivity contribution in [2.45, 2.75) is 52.4 Å². The van der Waals surface area contributed by atoms with E-state index in [1.807, 2.05) is 24.3 Å². The molecule has 3 nitrogen and oxygen atoms in total. The van der Waals surface area contributed by atoms with Gasteiger partial charge in [-0.2, -0.15) is 0 Å². The molecule has 0 saturated heterocycles. The van der Waals surface area contributed by atoms with E-state index in [1.54, 1.807) is 0 Å². The van der Waals surface area contributed by atoms with Crippen molar-refractivity contribution in [2.75, 3.05) is 0 Å². The summed E-state index contributed by atoms with van der Waals surface area (Å²) in [7, 11) is 0. The van der Waals surface area contributed by atoms with E-state index in [-0.39, 0.29) is 0 Å². The van der Waals surface area contributed by atoms with Gasteiger partial charge in [0.25, 0.3) is 0 Å². The van der Waals surface area contributed by atoms with E-state index in [0.29, 0.717) is 0 Å². The first-order valence-corrected chi connectivity index (χ1v) is 8.52. The third kappa shape index (κ3) is 4.88. The molecule has 0 saturated carbocycles. The van der Waals surface area contributed by atoms with Crippen molar-refractivity contribution in [1.82, 2.24) is 15.0 Å². The van der Waals surface area contributed by atoms with Gasteiger partial charge in [0.2, 0.25) is 0 Å². The average Bonchev–Trinajstić information content (AvgIpc) is 2.51. The highest BCUT2D eigenvalue weighted by molar-refractivity contribution is 9.10. The molecule has 0 radical (unpaired) electrons. The number of aromatic nitrogens is 3. The van der Waals surface area contributed by atoms with E-state index in [9.17, 15) is 0 Å². The lowest BCUT2D eigenvalue weighted by atomic mass is 10.2.